The van der Waals surface area contributed by atoms with Crippen molar-refractivity contribution in [3.05, 3.63) is 35.9 Å². The number of carbonyl (C=O) groups is 2. The molecule has 1 aromatic carbocycles. The number of benzene rings is 1. The van der Waals surface area contributed by atoms with Crippen molar-refractivity contribution in [1.82, 2.24) is 5.32 Å². The highest BCUT2D eigenvalue weighted by Gasteiger charge is 2.59. The molecule has 128 valence electrons. The third kappa shape index (κ3) is 2.66. The van der Waals surface area contributed by atoms with Crippen molar-refractivity contribution in [2.75, 3.05) is 0 Å². The van der Waals surface area contributed by atoms with E-state index in [9.17, 15) is 14.7 Å². The normalized spacial score (nSPS) is 36.3. The fraction of sp³-hybridized carbons (Fsp3) is 0.579. The van der Waals surface area contributed by atoms with Crippen LogP contribution in [-0.2, 0) is 16.1 Å². The van der Waals surface area contributed by atoms with Crippen molar-refractivity contribution in [2.24, 2.45) is 23.2 Å². The lowest BCUT2D eigenvalue weighted by Crippen LogP contribution is -2.61. The maximum Gasteiger partial charge on any atom is 0.407 e. The van der Waals surface area contributed by atoms with Gasteiger partial charge in [-0.15, -0.1) is 0 Å². The Morgan fingerprint density at radius 2 is 1.79 bits per heavy atom. The molecule has 4 aliphatic carbocycles. The average molecular weight is 329 g/mol. The molecule has 5 atom stereocenters. The fourth-order valence-corrected chi connectivity index (χ4v) is 5.42. The number of nitrogens with one attached hydrogen (secondary N) is 1. The van der Waals surface area contributed by atoms with Crippen LogP contribution in [-0.4, -0.2) is 23.2 Å². The molecule has 2 unspecified atom stereocenters. The lowest BCUT2D eigenvalue weighted by molar-refractivity contribution is -0.167. The molecule has 0 heterocycles. The Bertz CT molecular complexity index is 628. The van der Waals surface area contributed by atoms with Crippen LogP contribution in [0.2, 0.25) is 0 Å². The van der Waals surface area contributed by atoms with Crippen LogP contribution in [0.1, 0.15) is 37.7 Å². The number of ether oxygens (including phenoxy) is 1. The Hall–Kier alpha value is -2.04. The van der Waals surface area contributed by atoms with E-state index in [2.05, 4.69) is 5.32 Å². The molecule has 1 aromatic rings. The number of hydrogen-bond donors (Lipinski definition) is 2. The Morgan fingerprint density at radius 3 is 2.42 bits per heavy atom. The summed E-state index contributed by atoms with van der Waals surface area (Å²) in [5.41, 5.74) is 0.422. The molecular weight excluding hydrogens is 306 g/mol. The smallest absolute Gasteiger partial charge is 0.407 e. The molecule has 5 nitrogen and oxygen atoms in total. The largest absolute Gasteiger partial charge is 0.481 e. The number of carboxylic acid groups (broad SMARTS) is 1. The highest BCUT2D eigenvalue weighted by atomic mass is 16.5. The summed E-state index contributed by atoms with van der Waals surface area (Å²) >= 11 is 0. The zero-order valence-electron chi connectivity index (χ0n) is 13.6. The van der Waals surface area contributed by atoms with Crippen LogP contribution in [0.25, 0.3) is 0 Å². The number of aliphatic carboxylic acids is 1. The molecule has 1 amide bonds. The maximum absolute atomic E-state index is 12.2. The number of hydrogen-bond acceptors (Lipinski definition) is 3. The van der Waals surface area contributed by atoms with Gasteiger partial charge in [-0.3, -0.25) is 4.79 Å². The van der Waals surface area contributed by atoms with Crippen LogP contribution < -0.4 is 5.32 Å². The van der Waals surface area contributed by atoms with E-state index in [0.717, 1.165) is 24.8 Å². The van der Waals surface area contributed by atoms with E-state index in [1.807, 2.05) is 30.3 Å². The van der Waals surface area contributed by atoms with Crippen molar-refractivity contribution >= 4 is 12.1 Å². The minimum absolute atomic E-state index is 0.0669. The zero-order valence-corrected chi connectivity index (χ0v) is 13.6. The van der Waals surface area contributed by atoms with Gasteiger partial charge in [0.2, 0.25) is 0 Å². The summed E-state index contributed by atoms with van der Waals surface area (Å²) in [5, 5.41) is 12.7. The topological polar surface area (TPSA) is 75.6 Å². The molecule has 4 fully saturated rings. The van der Waals surface area contributed by atoms with Gasteiger partial charge in [-0.2, -0.15) is 0 Å². The van der Waals surface area contributed by atoms with Crippen molar-refractivity contribution in [1.29, 1.82) is 0 Å². The fourth-order valence-electron chi connectivity index (χ4n) is 5.42. The molecular formula is C19H23NO4. The summed E-state index contributed by atoms with van der Waals surface area (Å²) in [6, 6.07) is 9.67. The lowest BCUT2D eigenvalue weighted by atomic mass is 9.48. The molecule has 24 heavy (non-hydrogen) atoms. The van der Waals surface area contributed by atoms with Gasteiger partial charge in [-0.25, -0.2) is 4.79 Å². The van der Waals surface area contributed by atoms with Gasteiger partial charge >= 0.3 is 12.1 Å². The minimum Gasteiger partial charge on any atom is -0.481 e. The standard InChI is InChI=1S/C19H23NO4/c21-17(22)19-8-13-6-14(9-19)16(15(7-13)10-19)20-18(23)24-11-12-4-2-1-3-5-12/h1-5,13-16H,6-11H2,(H,20,23)(H,21,22)/t13?,14-,15+,16?,19-. The van der Waals surface area contributed by atoms with Gasteiger partial charge in [-0.05, 0) is 55.4 Å². The van der Waals surface area contributed by atoms with Crippen molar-refractivity contribution in [2.45, 2.75) is 44.8 Å². The van der Waals surface area contributed by atoms with Crippen LogP contribution in [0.5, 0.6) is 0 Å². The van der Waals surface area contributed by atoms with E-state index in [4.69, 9.17) is 4.74 Å². The Balaban J connectivity index is 1.38. The quantitative estimate of drug-likeness (QED) is 0.889. The van der Waals surface area contributed by atoms with Gasteiger partial charge in [0.15, 0.2) is 0 Å². The van der Waals surface area contributed by atoms with Crippen molar-refractivity contribution in [3.8, 4) is 0 Å². The number of carbonyl (C=O) groups excluding carboxylic acids is 1. The highest BCUT2D eigenvalue weighted by molar-refractivity contribution is 5.75. The van der Waals surface area contributed by atoms with Gasteiger partial charge in [0, 0.05) is 6.04 Å². The molecule has 0 spiro atoms. The minimum atomic E-state index is -0.646. The second-order valence-electron chi connectivity index (χ2n) is 7.79. The summed E-state index contributed by atoms with van der Waals surface area (Å²) in [7, 11) is 0. The van der Waals surface area contributed by atoms with Crippen molar-refractivity contribution < 1.29 is 19.4 Å². The number of alkyl carbamates (subject to hydrolysis) is 1. The monoisotopic (exact) mass is 329 g/mol. The Labute approximate surface area is 141 Å². The number of carboxylic acids is 1. The zero-order chi connectivity index (χ0) is 16.7. The van der Waals surface area contributed by atoms with Crippen LogP contribution in [0.4, 0.5) is 4.79 Å². The summed E-state index contributed by atoms with van der Waals surface area (Å²) in [6.45, 7) is 0.260. The van der Waals surface area contributed by atoms with Gasteiger partial charge in [0.1, 0.15) is 6.61 Å². The summed E-state index contributed by atoms with van der Waals surface area (Å²) < 4.78 is 5.34. The summed E-state index contributed by atoms with van der Waals surface area (Å²) in [5.74, 6) is 0.414. The van der Waals surface area contributed by atoms with E-state index >= 15 is 0 Å². The van der Waals surface area contributed by atoms with E-state index in [1.54, 1.807) is 0 Å². The molecule has 5 rings (SSSR count). The van der Waals surface area contributed by atoms with Gasteiger partial charge < -0.3 is 15.2 Å². The van der Waals surface area contributed by atoms with Crippen LogP contribution in [0.3, 0.4) is 0 Å². The third-order valence-corrected chi connectivity index (χ3v) is 6.22. The third-order valence-electron chi connectivity index (χ3n) is 6.22. The van der Waals surface area contributed by atoms with Crippen LogP contribution >= 0.6 is 0 Å². The van der Waals surface area contributed by atoms with Gasteiger partial charge in [0.05, 0.1) is 5.41 Å². The lowest BCUT2D eigenvalue weighted by Gasteiger charge is -2.58. The van der Waals surface area contributed by atoms with Gasteiger partial charge in [-0.1, -0.05) is 30.3 Å². The molecule has 0 radical (unpaired) electrons. The van der Waals surface area contributed by atoms with Crippen LogP contribution in [0.15, 0.2) is 30.3 Å². The first-order valence-corrected chi connectivity index (χ1v) is 8.76. The Morgan fingerprint density at radius 1 is 1.12 bits per heavy atom. The second-order valence-corrected chi connectivity index (χ2v) is 7.79. The predicted molar refractivity (Wildman–Crippen MR) is 87.2 cm³/mol. The van der Waals surface area contributed by atoms with E-state index < -0.39 is 11.4 Å². The highest BCUT2D eigenvalue weighted by Crippen LogP contribution is 2.60. The summed E-state index contributed by atoms with van der Waals surface area (Å²) in [4.78, 5) is 23.9. The molecule has 0 saturated heterocycles. The SMILES string of the molecule is O=C(NC1[C@@H]2CC3C[C@H]1C[C@@](C(=O)O)(C3)C2)OCc1ccccc1. The molecule has 0 aliphatic heterocycles. The predicted octanol–water partition coefficient (Wildman–Crippen LogP) is 3.19. The number of amides is 1. The first-order valence-electron chi connectivity index (χ1n) is 8.76. The second kappa shape index (κ2) is 5.80. The molecule has 4 saturated carbocycles. The van der Waals surface area contributed by atoms with E-state index in [1.165, 1.54) is 0 Å². The average Bonchev–Trinajstić information content (AvgIpc) is 2.56. The summed E-state index contributed by atoms with van der Waals surface area (Å²) in [6.07, 6.45) is 3.89. The first-order chi connectivity index (χ1) is 11.6. The first kappa shape index (κ1) is 15.5. The van der Waals surface area contributed by atoms with Crippen LogP contribution in [0, 0.1) is 23.2 Å². The van der Waals surface area contributed by atoms with Gasteiger partial charge in [0.25, 0.3) is 0 Å². The molecule has 4 aliphatic rings. The molecule has 5 heteroatoms. The van der Waals surface area contributed by atoms with E-state index in [0.29, 0.717) is 18.8 Å². The van der Waals surface area contributed by atoms with E-state index in [-0.39, 0.29) is 30.6 Å². The molecule has 0 aromatic heterocycles. The number of rotatable bonds is 4. The Kier molecular flexibility index (Phi) is 3.74. The molecule has 4 bridgehead atoms. The van der Waals surface area contributed by atoms with Crippen molar-refractivity contribution in [3.63, 3.8) is 0 Å². The molecule has 2 N–H and O–H groups in total. The maximum atomic E-state index is 12.2.